The van der Waals surface area contributed by atoms with Crippen LogP contribution in [-0.2, 0) is 6.54 Å². The van der Waals surface area contributed by atoms with Gasteiger partial charge in [0.25, 0.3) is 0 Å². The lowest BCUT2D eigenvalue weighted by molar-refractivity contribution is 0.411. The van der Waals surface area contributed by atoms with Crippen LogP contribution in [0, 0.1) is 0 Å². The molecule has 0 saturated carbocycles. The fourth-order valence-corrected chi connectivity index (χ4v) is 3.23. The monoisotopic (exact) mass is 405 g/mol. The maximum atomic E-state index is 6.08. The highest BCUT2D eigenvalue weighted by atomic mass is 35.5. The average Bonchev–Trinajstić information content (AvgIpc) is 2.92. The zero-order valence-electron chi connectivity index (χ0n) is 15.8. The molecule has 0 atom stereocenters. The molecule has 0 unspecified atom stereocenters. The van der Waals surface area contributed by atoms with Gasteiger partial charge in [-0.05, 0) is 35.9 Å². The Balaban J connectivity index is 1.80. The van der Waals surface area contributed by atoms with Crippen molar-refractivity contribution in [2.24, 2.45) is 15.9 Å². The Hall–Kier alpha value is -3.35. The molecule has 0 saturated heterocycles. The number of aliphatic imine (C=N–C) groups is 1. The Kier molecular flexibility index (Phi) is 5.46. The number of guanidine groups is 1. The second kappa shape index (κ2) is 8.34. The summed E-state index contributed by atoms with van der Waals surface area (Å²) in [5, 5.41) is 7.34. The first-order valence-electron chi connectivity index (χ1n) is 9.07. The predicted octanol–water partition coefficient (Wildman–Crippen LogP) is 4.07. The molecular weight excluding hydrogens is 386 g/mol. The van der Waals surface area contributed by atoms with Gasteiger partial charge in [-0.1, -0.05) is 54.1 Å². The van der Waals surface area contributed by atoms with Crippen LogP contribution in [-0.4, -0.2) is 23.8 Å². The molecule has 1 aliphatic rings. The highest BCUT2D eigenvalue weighted by molar-refractivity contribution is 6.30. The summed E-state index contributed by atoms with van der Waals surface area (Å²) in [5.41, 5.74) is 7.15. The zero-order chi connectivity index (χ0) is 20.2. The number of hydrazine groups is 1. The Bertz CT molecular complexity index is 1060. The number of methoxy groups -OCH3 is 1. The second-order valence-electron chi connectivity index (χ2n) is 6.46. The number of benzene rings is 3. The van der Waals surface area contributed by atoms with Crippen LogP contribution < -0.4 is 16.0 Å². The number of nitrogens with zero attached hydrogens (tertiary/aromatic N) is 3. The predicted molar refractivity (Wildman–Crippen MR) is 116 cm³/mol. The van der Waals surface area contributed by atoms with Crippen molar-refractivity contribution in [1.29, 1.82) is 0 Å². The minimum atomic E-state index is 0.456. The third kappa shape index (κ3) is 4.08. The number of halogens is 1. The van der Waals surface area contributed by atoms with E-state index in [1.54, 1.807) is 12.1 Å². The molecule has 4 rings (SSSR count). The summed E-state index contributed by atoms with van der Waals surface area (Å²) >= 11 is 6.08. The molecule has 0 aliphatic carbocycles. The number of hydrogen-bond donors (Lipinski definition) is 2. The number of hydrazone groups is 1. The van der Waals surface area contributed by atoms with Gasteiger partial charge in [0.2, 0.25) is 5.96 Å². The first kappa shape index (κ1) is 19.0. The Morgan fingerprint density at radius 1 is 1.00 bits per heavy atom. The Morgan fingerprint density at radius 3 is 2.41 bits per heavy atom. The molecule has 0 amide bonds. The van der Waals surface area contributed by atoms with Gasteiger partial charge >= 0.3 is 0 Å². The van der Waals surface area contributed by atoms with Crippen LogP contribution in [0.15, 0.2) is 82.9 Å². The largest absolute Gasteiger partial charge is 0.497 e. The minimum Gasteiger partial charge on any atom is -0.497 e. The summed E-state index contributed by atoms with van der Waals surface area (Å²) in [7, 11) is 1.65. The van der Waals surface area contributed by atoms with E-state index >= 15 is 0 Å². The van der Waals surface area contributed by atoms with Crippen molar-refractivity contribution in [3.63, 3.8) is 0 Å². The van der Waals surface area contributed by atoms with Crippen molar-refractivity contribution in [3.8, 4) is 5.75 Å². The molecule has 3 N–H and O–H groups in total. The Labute approximate surface area is 174 Å². The van der Waals surface area contributed by atoms with Crippen LogP contribution in [0.3, 0.4) is 0 Å². The highest BCUT2D eigenvalue weighted by Crippen LogP contribution is 2.27. The van der Waals surface area contributed by atoms with Gasteiger partial charge in [0.15, 0.2) is 0 Å². The molecule has 29 heavy (non-hydrogen) atoms. The molecule has 1 heterocycles. The van der Waals surface area contributed by atoms with E-state index in [0.29, 0.717) is 17.5 Å². The maximum Gasteiger partial charge on any atom is 0.234 e. The van der Waals surface area contributed by atoms with Gasteiger partial charge in [-0.3, -0.25) is 5.43 Å². The summed E-state index contributed by atoms with van der Waals surface area (Å²) in [6, 6.07) is 23.2. The fourth-order valence-electron chi connectivity index (χ4n) is 3.11. The van der Waals surface area contributed by atoms with Crippen molar-refractivity contribution in [2.75, 3.05) is 7.11 Å². The van der Waals surface area contributed by atoms with E-state index in [-0.39, 0.29) is 0 Å². The smallest absolute Gasteiger partial charge is 0.234 e. The summed E-state index contributed by atoms with van der Waals surface area (Å²) in [6.07, 6.45) is 0. The van der Waals surface area contributed by atoms with E-state index in [1.807, 2.05) is 72.8 Å². The first-order chi connectivity index (χ1) is 14.2. The minimum absolute atomic E-state index is 0.456. The lowest BCUT2D eigenvalue weighted by atomic mass is 10.0. The molecule has 0 fully saturated rings. The van der Waals surface area contributed by atoms with Crippen molar-refractivity contribution >= 4 is 29.0 Å². The van der Waals surface area contributed by atoms with Gasteiger partial charge < -0.3 is 4.74 Å². The number of rotatable bonds is 4. The average molecular weight is 406 g/mol. The molecule has 1 aliphatic heterocycles. The SMILES string of the molecule is COc1ccc(CN2N=C(c3ccc(Cl)cc3)c3ccccc3N=C2NN)cc1. The van der Waals surface area contributed by atoms with E-state index in [9.17, 15) is 0 Å². The molecular formula is C22H20ClN5O. The normalized spacial score (nSPS) is 13.1. The van der Waals surface area contributed by atoms with Gasteiger partial charge in [-0.25, -0.2) is 15.8 Å². The van der Waals surface area contributed by atoms with Crippen molar-refractivity contribution in [1.82, 2.24) is 10.4 Å². The molecule has 146 valence electrons. The van der Waals surface area contributed by atoms with Crippen LogP contribution in [0.1, 0.15) is 16.7 Å². The molecule has 7 heteroatoms. The molecule has 0 radical (unpaired) electrons. The van der Waals surface area contributed by atoms with Gasteiger partial charge in [0.05, 0.1) is 19.3 Å². The van der Waals surface area contributed by atoms with Crippen LogP contribution in [0.25, 0.3) is 0 Å². The van der Waals surface area contributed by atoms with E-state index in [4.69, 9.17) is 32.3 Å². The number of nitrogens with one attached hydrogen (secondary N) is 1. The summed E-state index contributed by atoms with van der Waals surface area (Å²) in [6.45, 7) is 0.484. The second-order valence-corrected chi connectivity index (χ2v) is 6.89. The zero-order valence-corrected chi connectivity index (χ0v) is 16.6. The highest BCUT2D eigenvalue weighted by Gasteiger charge is 2.21. The molecule has 0 aromatic heterocycles. The molecule has 6 nitrogen and oxygen atoms in total. The standard InChI is InChI=1S/C22H20ClN5O/c1-29-18-12-6-15(7-13-18)14-28-22(26-24)25-20-5-3-2-4-19(20)21(27-28)16-8-10-17(23)11-9-16/h2-13H,14,24H2,1H3,(H,25,26). The maximum absolute atomic E-state index is 6.08. The lowest BCUT2D eigenvalue weighted by Crippen LogP contribution is -2.41. The number of nitrogens with two attached hydrogens (primary N) is 1. The van der Waals surface area contributed by atoms with Gasteiger partial charge in [-0.15, -0.1) is 0 Å². The van der Waals surface area contributed by atoms with E-state index < -0.39 is 0 Å². The van der Waals surface area contributed by atoms with Crippen LogP contribution >= 0.6 is 11.6 Å². The van der Waals surface area contributed by atoms with Crippen molar-refractivity contribution < 1.29 is 4.74 Å². The molecule has 3 aromatic carbocycles. The fraction of sp³-hybridized carbons (Fsp3) is 0.0909. The van der Waals surface area contributed by atoms with Crippen LogP contribution in [0.2, 0.25) is 5.02 Å². The van der Waals surface area contributed by atoms with Gasteiger partial charge in [-0.2, -0.15) is 5.10 Å². The van der Waals surface area contributed by atoms with E-state index in [2.05, 4.69) is 5.43 Å². The number of hydrogen-bond acceptors (Lipinski definition) is 6. The number of fused-ring (bicyclic) bond motifs is 1. The number of para-hydroxylation sites is 1. The van der Waals surface area contributed by atoms with Crippen molar-refractivity contribution in [3.05, 3.63) is 94.5 Å². The molecule has 3 aromatic rings. The Morgan fingerprint density at radius 2 is 1.72 bits per heavy atom. The van der Waals surface area contributed by atoms with Crippen LogP contribution in [0.4, 0.5) is 5.69 Å². The molecule has 0 spiro atoms. The quantitative estimate of drug-likeness (QED) is 0.507. The number of ether oxygens (including phenoxy) is 1. The van der Waals surface area contributed by atoms with Gasteiger partial charge in [0, 0.05) is 16.1 Å². The van der Waals surface area contributed by atoms with E-state index in [1.165, 1.54) is 0 Å². The molecule has 0 bridgehead atoms. The van der Waals surface area contributed by atoms with Crippen LogP contribution in [0.5, 0.6) is 5.75 Å². The summed E-state index contributed by atoms with van der Waals surface area (Å²) in [4.78, 5) is 4.70. The lowest BCUT2D eigenvalue weighted by Gasteiger charge is -2.20. The van der Waals surface area contributed by atoms with Crippen molar-refractivity contribution in [2.45, 2.75) is 6.54 Å². The van der Waals surface area contributed by atoms with E-state index in [0.717, 1.165) is 33.8 Å². The third-order valence-electron chi connectivity index (χ3n) is 4.59. The van der Waals surface area contributed by atoms with Gasteiger partial charge in [0.1, 0.15) is 11.5 Å². The topological polar surface area (TPSA) is 75.2 Å². The first-order valence-corrected chi connectivity index (χ1v) is 9.45. The third-order valence-corrected chi connectivity index (χ3v) is 4.84. The summed E-state index contributed by atoms with van der Waals surface area (Å²) in [5.74, 6) is 7.05. The summed E-state index contributed by atoms with van der Waals surface area (Å²) < 4.78 is 5.24.